The Balaban J connectivity index is 1.72. The van der Waals surface area contributed by atoms with Crippen LogP contribution in [0.15, 0.2) is 43.0 Å². The zero-order valence-corrected chi connectivity index (χ0v) is 14.4. The average Bonchev–Trinajstić information content (AvgIpc) is 2.96. The molecule has 0 aliphatic heterocycles. The van der Waals surface area contributed by atoms with Crippen LogP contribution in [0.4, 0.5) is 0 Å². The topological polar surface area (TPSA) is 76.8 Å². The zero-order valence-electron chi connectivity index (χ0n) is 14.4. The van der Waals surface area contributed by atoms with E-state index < -0.39 is 0 Å². The van der Waals surface area contributed by atoms with Gasteiger partial charge in [-0.2, -0.15) is 0 Å². The summed E-state index contributed by atoms with van der Waals surface area (Å²) in [5, 5.41) is 1.06. The smallest absolute Gasteiger partial charge is 0.137 e. The molecule has 3 aromatic heterocycles. The molecule has 126 valence electrons. The van der Waals surface area contributed by atoms with Crippen molar-refractivity contribution in [2.45, 2.75) is 32.7 Å². The number of H-pyrrole nitrogens is 1. The van der Waals surface area contributed by atoms with Crippen molar-refractivity contribution >= 4 is 10.9 Å². The number of nitrogens with one attached hydrogen (secondary N) is 1. The van der Waals surface area contributed by atoms with Gasteiger partial charge in [-0.1, -0.05) is 13.8 Å². The van der Waals surface area contributed by atoms with Gasteiger partial charge in [0.25, 0.3) is 0 Å². The van der Waals surface area contributed by atoms with E-state index in [-0.39, 0.29) is 5.54 Å². The van der Waals surface area contributed by atoms with E-state index in [0.717, 1.165) is 34.3 Å². The summed E-state index contributed by atoms with van der Waals surface area (Å²) in [6.07, 6.45) is 8.23. The number of aromatic amines is 1. The number of hydrogen-bond donors (Lipinski definition) is 2. The van der Waals surface area contributed by atoms with Crippen molar-refractivity contribution in [3.05, 3.63) is 43.0 Å². The summed E-state index contributed by atoms with van der Waals surface area (Å²) < 4.78 is 5.82. The SMILES string of the molecule is CC(C)C[C@](C)(N)COc1ccc(-c2c[nH]c3ccncc23)nc1. The minimum Gasteiger partial charge on any atom is -0.490 e. The predicted octanol–water partition coefficient (Wildman–Crippen LogP) is 3.77. The van der Waals surface area contributed by atoms with Crippen molar-refractivity contribution in [1.82, 2.24) is 15.0 Å². The summed E-state index contributed by atoms with van der Waals surface area (Å²) in [5.74, 6) is 1.27. The molecule has 3 N–H and O–H groups in total. The first kappa shape index (κ1) is 16.5. The van der Waals surface area contributed by atoms with E-state index in [0.29, 0.717) is 12.5 Å². The molecule has 0 saturated carbocycles. The Labute approximate surface area is 142 Å². The lowest BCUT2D eigenvalue weighted by molar-refractivity contribution is 0.206. The van der Waals surface area contributed by atoms with Crippen LogP contribution in [0.1, 0.15) is 27.2 Å². The average molecular weight is 324 g/mol. The van der Waals surface area contributed by atoms with E-state index >= 15 is 0 Å². The third-order valence-corrected chi connectivity index (χ3v) is 3.94. The second-order valence-electron chi connectivity index (χ2n) is 7.04. The number of nitrogens with two attached hydrogens (primary N) is 1. The molecule has 0 aliphatic carbocycles. The first-order valence-electron chi connectivity index (χ1n) is 8.24. The van der Waals surface area contributed by atoms with Gasteiger partial charge in [-0.15, -0.1) is 0 Å². The highest BCUT2D eigenvalue weighted by Gasteiger charge is 2.21. The molecule has 0 spiro atoms. The van der Waals surface area contributed by atoms with Gasteiger partial charge in [0.1, 0.15) is 12.4 Å². The maximum Gasteiger partial charge on any atom is 0.137 e. The van der Waals surface area contributed by atoms with Crippen molar-refractivity contribution in [2.24, 2.45) is 11.7 Å². The summed E-state index contributed by atoms with van der Waals surface area (Å²) in [4.78, 5) is 11.9. The van der Waals surface area contributed by atoms with Crippen molar-refractivity contribution in [3.8, 4) is 17.0 Å². The summed E-state index contributed by atoms with van der Waals surface area (Å²) in [5.41, 5.74) is 8.91. The second-order valence-corrected chi connectivity index (χ2v) is 7.04. The monoisotopic (exact) mass is 324 g/mol. The van der Waals surface area contributed by atoms with Crippen LogP contribution in [0.3, 0.4) is 0 Å². The number of nitrogens with zero attached hydrogens (tertiary/aromatic N) is 2. The lowest BCUT2D eigenvalue weighted by atomic mass is 9.93. The van der Waals surface area contributed by atoms with E-state index in [4.69, 9.17) is 10.5 Å². The first-order chi connectivity index (χ1) is 11.4. The first-order valence-corrected chi connectivity index (χ1v) is 8.24. The molecule has 24 heavy (non-hydrogen) atoms. The number of aromatic nitrogens is 3. The summed E-state index contributed by atoms with van der Waals surface area (Å²) >= 11 is 0. The Morgan fingerprint density at radius 3 is 2.79 bits per heavy atom. The van der Waals surface area contributed by atoms with Gasteiger partial charge in [-0.3, -0.25) is 9.97 Å². The molecule has 0 aromatic carbocycles. The van der Waals surface area contributed by atoms with Gasteiger partial charge in [-0.05, 0) is 37.5 Å². The van der Waals surface area contributed by atoms with E-state index in [1.807, 2.05) is 37.5 Å². The lowest BCUT2D eigenvalue weighted by Gasteiger charge is -2.26. The molecule has 0 unspecified atom stereocenters. The highest BCUT2D eigenvalue weighted by atomic mass is 16.5. The fourth-order valence-electron chi connectivity index (χ4n) is 3.04. The molecule has 5 nitrogen and oxygen atoms in total. The second kappa shape index (κ2) is 6.61. The van der Waals surface area contributed by atoms with Crippen molar-refractivity contribution in [2.75, 3.05) is 6.61 Å². The molecule has 3 aromatic rings. The molecule has 0 bridgehead atoms. The Bertz CT molecular complexity index is 806. The van der Waals surface area contributed by atoms with Crippen LogP contribution in [0, 0.1) is 5.92 Å². The Hall–Kier alpha value is -2.40. The van der Waals surface area contributed by atoms with Crippen LogP contribution in [-0.4, -0.2) is 27.1 Å². The number of ether oxygens (including phenoxy) is 1. The quantitative estimate of drug-likeness (QED) is 0.723. The highest BCUT2D eigenvalue weighted by molar-refractivity contribution is 5.93. The maximum absolute atomic E-state index is 6.28. The number of hydrogen-bond acceptors (Lipinski definition) is 4. The molecule has 0 amide bonds. The maximum atomic E-state index is 6.28. The summed E-state index contributed by atoms with van der Waals surface area (Å²) in [7, 11) is 0. The molecular formula is C19H24N4O. The third kappa shape index (κ3) is 3.74. The Morgan fingerprint density at radius 2 is 2.08 bits per heavy atom. The van der Waals surface area contributed by atoms with Gasteiger partial charge in [0.05, 0.1) is 11.9 Å². The summed E-state index contributed by atoms with van der Waals surface area (Å²) in [6.45, 7) is 6.83. The van der Waals surface area contributed by atoms with Crippen LogP contribution in [0.2, 0.25) is 0 Å². The van der Waals surface area contributed by atoms with Gasteiger partial charge < -0.3 is 15.5 Å². The molecule has 0 saturated heterocycles. The molecule has 3 rings (SSSR count). The fraction of sp³-hybridized carbons (Fsp3) is 0.368. The fourth-order valence-corrected chi connectivity index (χ4v) is 3.04. The van der Waals surface area contributed by atoms with Gasteiger partial charge in [-0.25, -0.2) is 0 Å². The van der Waals surface area contributed by atoms with Crippen molar-refractivity contribution < 1.29 is 4.74 Å². The van der Waals surface area contributed by atoms with E-state index in [9.17, 15) is 0 Å². The molecular weight excluding hydrogens is 300 g/mol. The Kier molecular flexibility index (Phi) is 4.53. The van der Waals surface area contributed by atoms with Crippen molar-refractivity contribution in [3.63, 3.8) is 0 Å². The number of pyridine rings is 2. The summed E-state index contributed by atoms with van der Waals surface area (Å²) in [6, 6.07) is 5.84. The normalized spacial score (nSPS) is 14.0. The van der Waals surface area contributed by atoms with Crippen LogP contribution in [0.5, 0.6) is 5.75 Å². The largest absolute Gasteiger partial charge is 0.490 e. The molecule has 5 heteroatoms. The predicted molar refractivity (Wildman–Crippen MR) is 96.9 cm³/mol. The molecule has 0 aliphatic rings. The number of rotatable bonds is 6. The van der Waals surface area contributed by atoms with E-state index in [1.54, 1.807) is 12.4 Å². The van der Waals surface area contributed by atoms with Crippen LogP contribution >= 0.6 is 0 Å². The zero-order chi connectivity index (χ0) is 17.2. The molecule has 3 heterocycles. The Morgan fingerprint density at radius 1 is 1.25 bits per heavy atom. The minimum absolute atomic E-state index is 0.338. The lowest BCUT2D eigenvalue weighted by Crippen LogP contribution is -2.43. The molecule has 0 radical (unpaired) electrons. The standard InChI is InChI=1S/C19H24N4O/c1-13(2)8-19(3,20)12-24-14-4-5-17(22-9-14)16-11-23-18-6-7-21-10-15(16)18/h4-7,9-11,13,23H,8,12,20H2,1-3H3/t19-/m0/s1. The highest BCUT2D eigenvalue weighted by Crippen LogP contribution is 2.27. The van der Waals surface area contributed by atoms with Gasteiger partial charge in [0.2, 0.25) is 0 Å². The molecule has 0 fully saturated rings. The van der Waals surface area contributed by atoms with E-state index in [1.165, 1.54) is 0 Å². The van der Waals surface area contributed by atoms with Crippen LogP contribution in [0.25, 0.3) is 22.2 Å². The number of fused-ring (bicyclic) bond motifs is 1. The third-order valence-electron chi connectivity index (χ3n) is 3.94. The van der Waals surface area contributed by atoms with Crippen molar-refractivity contribution in [1.29, 1.82) is 0 Å². The van der Waals surface area contributed by atoms with Gasteiger partial charge in [0, 0.05) is 40.6 Å². The van der Waals surface area contributed by atoms with Gasteiger partial charge in [0.15, 0.2) is 0 Å². The van der Waals surface area contributed by atoms with Crippen LogP contribution in [-0.2, 0) is 0 Å². The van der Waals surface area contributed by atoms with E-state index in [2.05, 4.69) is 28.8 Å². The van der Waals surface area contributed by atoms with Crippen LogP contribution < -0.4 is 10.5 Å². The van der Waals surface area contributed by atoms with Gasteiger partial charge >= 0.3 is 0 Å². The molecule has 1 atom stereocenters. The minimum atomic E-state index is -0.338.